The van der Waals surface area contributed by atoms with E-state index in [0.717, 1.165) is 43.2 Å². The topological polar surface area (TPSA) is 85.4 Å². The molecule has 1 amide bonds. The zero-order chi connectivity index (χ0) is 19.4. The lowest BCUT2D eigenvalue weighted by Crippen LogP contribution is -2.50. The van der Waals surface area contributed by atoms with E-state index in [0.29, 0.717) is 5.69 Å². The van der Waals surface area contributed by atoms with E-state index < -0.39 is 17.6 Å². The van der Waals surface area contributed by atoms with Gasteiger partial charge in [-0.2, -0.15) is 4.68 Å². The van der Waals surface area contributed by atoms with Crippen LogP contribution < -0.4 is 5.76 Å². The van der Waals surface area contributed by atoms with Crippen molar-refractivity contribution in [3.63, 3.8) is 0 Å². The van der Waals surface area contributed by atoms with E-state index >= 15 is 0 Å². The molecule has 3 rings (SSSR count). The van der Waals surface area contributed by atoms with Gasteiger partial charge in [0.2, 0.25) is 12.2 Å². The highest BCUT2D eigenvalue weighted by Crippen LogP contribution is 2.26. The minimum absolute atomic E-state index is 0.0375. The average molecular weight is 371 g/mol. The highest BCUT2D eigenvalue weighted by atomic mass is 16.4. The van der Waals surface area contributed by atoms with Gasteiger partial charge in [0.1, 0.15) is 6.04 Å². The second-order valence-electron chi connectivity index (χ2n) is 7.32. The molecule has 0 bridgehead atoms. The first kappa shape index (κ1) is 19.1. The summed E-state index contributed by atoms with van der Waals surface area (Å²) in [4.78, 5) is 38.7. The summed E-state index contributed by atoms with van der Waals surface area (Å²) in [6, 6.07) is 8.11. The summed E-state index contributed by atoms with van der Waals surface area (Å²) in [5.41, 5.74) is 0.519. The van der Waals surface area contributed by atoms with Gasteiger partial charge in [-0.05, 0) is 30.9 Å². The molecule has 0 aliphatic heterocycles. The zero-order valence-corrected chi connectivity index (χ0v) is 15.7. The number of benzene rings is 1. The summed E-state index contributed by atoms with van der Waals surface area (Å²) in [7, 11) is 0. The van der Waals surface area contributed by atoms with Crippen LogP contribution in [0.5, 0.6) is 0 Å². The summed E-state index contributed by atoms with van der Waals surface area (Å²) in [6.45, 7) is 3.77. The third-order valence-corrected chi connectivity index (χ3v) is 5.10. The lowest BCUT2D eigenvalue weighted by atomic mass is 9.90. The van der Waals surface area contributed by atoms with E-state index in [-0.39, 0.29) is 17.9 Å². The maximum Gasteiger partial charge on any atom is 0.442 e. The first-order chi connectivity index (χ1) is 13.0. The maximum atomic E-state index is 13.1. The number of Topliss-reactive ketones (excluding diaryl/α,β-unsaturated/α-hetero) is 1. The molecule has 0 N–H and O–H groups in total. The maximum absolute atomic E-state index is 13.1. The van der Waals surface area contributed by atoms with Gasteiger partial charge in [0.05, 0.1) is 5.69 Å². The van der Waals surface area contributed by atoms with Crippen molar-refractivity contribution < 1.29 is 14.0 Å². The minimum atomic E-state index is -0.720. The van der Waals surface area contributed by atoms with Crippen molar-refractivity contribution in [2.45, 2.75) is 58.0 Å². The Balaban J connectivity index is 1.91. The Kier molecular flexibility index (Phi) is 5.88. The molecule has 7 nitrogen and oxygen atoms in total. The van der Waals surface area contributed by atoms with E-state index in [9.17, 15) is 14.4 Å². The van der Waals surface area contributed by atoms with Gasteiger partial charge in [0.15, 0.2) is 0 Å². The monoisotopic (exact) mass is 371 g/mol. The molecule has 0 unspecified atom stereocenters. The van der Waals surface area contributed by atoms with Crippen LogP contribution in [0.4, 0.5) is 0 Å². The number of ketones is 1. The first-order valence-electron chi connectivity index (χ1n) is 9.45. The fourth-order valence-corrected chi connectivity index (χ4v) is 3.78. The Bertz CT molecular complexity index is 834. The molecule has 0 spiro atoms. The van der Waals surface area contributed by atoms with Crippen LogP contribution in [0.1, 0.15) is 56.6 Å². The summed E-state index contributed by atoms with van der Waals surface area (Å²) in [5.74, 6) is -1.54. The third kappa shape index (κ3) is 4.02. The Morgan fingerprint density at radius 2 is 1.89 bits per heavy atom. The van der Waals surface area contributed by atoms with E-state index in [2.05, 4.69) is 5.10 Å². The number of hydrogen-bond donors (Lipinski definition) is 0. The van der Waals surface area contributed by atoms with Crippen LogP contribution in [0.2, 0.25) is 0 Å². The zero-order valence-electron chi connectivity index (χ0n) is 15.7. The Morgan fingerprint density at radius 3 is 2.48 bits per heavy atom. The molecule has 27 heavy (non-hydrogen) atoms. The van der Waals surface area contributed by atoms with E-state index in [4.69, 9.17) is 4.42 Å². The van der Waals surface area contributed by atoms with E-state index in [1.165, 1.54) is 0 Å². The van der Waals surface area contributed by atoms with E-state index in [1.807, 2.05) is 19.9 Å². The molecule has 1 heterocycles. The predicted molar refractivity (Wildman–Crippen MR) is 99.8 cm³/mol. The molecule has 2 aromatic rings. The number of rotatable bonds is 7. The summed E-state index contributed by atoms with van der Waals surface area (Å²) >= 11 is 0. The first-order valence-corrected chi connectivity index (χ1v) is 9.45. The van der Waals surface area contributed by atoms with Gasteiger partial charge >= 0.3 is 5.76 Å². The van der Waals surface area contributed by atoms with Crippen molar-refractivity contribution >= 4 is 12.2 Å². The fraction of sp³-hybridized carbons (Fsp3) is 0.500. The van der Waals surface area contributed by atoms with Crippen molar-refractivity contribution in [3.8, 4) is 5.69 Å². The van der Waals surface area contributed by atoms with Gasteiger partial charge in [0.25, 0.3) is 5.89 Å². The molecule has 1 aliphatic rings. The van der Waals surface area contributed by atoms with Crippen LogP contribution in [-0.4, -0.2) is 39.0 Å². The molecule has 1 saturated carbocycles. The number of carbonyl (C=O) groups excluding carboxylic acids is 2. The van der Waals surface area contributed by atoms with Gasteiger partial charge in [-0.25, -0.2) is 4.79 Å². The SMILES string of the molecule is CC(C)[C@@H](C(=O)c1nn(-c2ccccc2)c(=O)o1)N(C=O)C1CCCCC1. The summed E-state index contributed by atoms with van der Waals surface area (Å²) < 4.78 is 6.21. The molecule has 144 valence electrons. The van der Waals surface area contributed by atoms with Gasteiger partial charge in [-0.15, -0.1) is 5.10 Å². The van der Waals surface area contributed by atoms with Gasteiger partial charge < -0.3 is 9.32 Å². The normalized spacial score (nSPS) is 16.3. The molecule has 0 radical (unpaired) electrons. The Morgan fingerprint density at radius 1 is 1.22 bits per heavy atom. The minimum Gasteiger partial charge on any atom is -0.384 e. The molecular formula is C20H25N3O4. The molecule has 1 aliphatic carbocycles. The lowest BCUT2D eigenvalue weighted by molar-refractivity contribution is -0.123. The standard InChI is InChI=1S/C20H25N3O4/c1-14(2)17(22(13-24)15-9-5-3-6-10-15)18(25)19-21-23(20(26)27-19)16-11-7-4-8-12-16/h4,7-8,11-15,17H,3,5-6,9-10H2,1-2H3/t17-/m0/s1. The number of para-hydroxylation sites is 1. The fourth-order valence-electron chi connectivity index (χ4n) is 3.78. The lowest BCUT2D eigenvalue weighted by Gasteiger charge is -2.37. The summed E-state index contributed by atoms with van der Waals surface area (Å²) in [5, 5.41) is 4.09. The highest BCUT2D eigenvalue weighted by Gasteiger charge is 2.36. The Hall–Kier alpha value is -2.70. The largest absolute Gasteiger partial charge is 0.442 e. The smallest absolute Gasteiger partial charge is 0.384 e. The van der Waals surface area contributed by atoms with Crippen molar-refractivity contribution in [3.05, 3.63) is 46.8 Å². The van der Waals surface area contributed by atoms with Gasteiger partial charge in [0, 0.05) is 6.04 Å². The van der Waals surface area contributed by atoms with Gasteiger partial charge in [-0.3, -0.25) is 9.59 Å². The molecule has 1 fully saturated rings. The number of aromatic nitrogens is 2. The quantitative estimate of drug-likeness (QED) is 0.552. The highest BCUT2D eigenvalue weighted by molar-refractivity contribution is 5.97. The van der Waals surface area contributed by atoms with Crippen LogP contribution in [0.25, 0.3) is 5.69 Å². The summed E-state index contributed by atoms with van der Waals surface area (Å²) in [6.07, 6.45) is 5.78. The van der Waals surface area contributed by atoms with Crippen LogP contribution >= 0.6 is 0 Å². The van der Waals surface area contributed by atoms with Gasteiger partial charge in [-0.1, -0.05) is 51.3 Å². The molecule has 1 atom stereocenters. The second kappa shape index (κ2) is 8.33. The van der Waals surface area contributed by atoms with Crippen molar-refractivity contribution in [2.24, 2.45) is 5.92 Å². The number of carbonyl (C=O) groups is 2. The van der Waals surface area contributed by atoms with Crippen LogP contribution in [0, 0.1) is 5.92 Å². The van der Waals surface area contributed by atoms with Crippen molar-refractivity contribution in [2.75, 3.05) is 0 Å². The third-order valence-electron chi connectivity index (χ3n) is 5.10. The van der Waals surface area contributed by atoms with Crippen LogP contribution in [-0.2, 0) is 4.79 Å². The Labute approximate surface area is 158 Å². The van der Waals surface area contributed by atoms with Crippen molar-refractivity contribution in [1.82, 2.24) is 14.7 Å². The number of nitrogens with zero attached hydrogens (tertiary/aromatic N) is 3. The molecule has 1 aromatic carbocycles. The predicted octanol–water partition coefficient (Wildman–Crippen LogP) is 2.82. The molecule has 7 heteroatoms. The molecular weight excluding hydrogens is 346 g/mol. The van der Waals surface area contributed by atoms with E-state index in [1.54, 1.807) is 29.2 Å². The average Bonchev–Trinajstić information content (AvgIpc) is 3.08. The van der Waals surface area contributed by atoms with Crippen LogP contribution in [0.3, 0.4) is 0 Å². The number of hydrogen-bond acceptors (Lipinski definition) is 5. The molecule has 1 aromatic heterocycles. The second-order valence-corrected chi connectivity index (χ2v) is 7.32. The van der Waals surface area contributed by atoms with Crippen molar-refractivity contribution in [1.29, 1.82) is 0 Å². The molecule has 0 saturated heterocycles. The number of amides is 1. The van der Waals surface area contributed by atoms with Crippen LogP contribution in [0.15, 0.2) is 39.5 Å².